The highest BCUT2D eigenvalue weighted by atomic mass is 35.5. The van der Waals surface area contributed by atoms with Gasteiger partial charge in [-0.25, -0.2) is 4.98 Å². The predicted molar refractivity (Wildman–Crippen MR) is 107 cm³/mol. The lowest BCUT2D eigenvalue weighted by Gasteiger charge is -2.07. The Hall–Kier alpha value is -2.95. The zero-order valence-corrected chi connectivity index (χ0v) is 16.3. The second-order valence-corrected chi connectivity index (χ2v) is 7.10. The van der Waals surface area contributed by atoms with Crippen molar-refractivity contribution in [1.82, 2.24) is 14.8 Å². The van der Waals surface area contributed by atoms with Gasteiger partial charge in [-0.15, -0.1) is 11.3 Å². The van der Waals surface area contributed by atoms with E-state index in [1.54, 1.807) is 17.7 Å². The molecule has 2 aromatic heterocycles. The smallest absolute Gasteiger partial charge is 0.268 e. The SMILES string of the molecule is Cc1nn(Cc2ccccc2Cl)c(C)c1/C=C(\C#N)C(=O)Nc1nccs1. The van der Waals surface area contributed by atoms with E-state index in [1.165, 1.54) is 11.3 Å². The molecular weight excluding hydrogens is 382 g/mol. The van der Waals surface area contributed by atoms with E-state index in [4.69, 9.17) is 11.6 Å². The molecule has 0 spiro atoms. The van der Waals surface area contributed by atoms with E-state index in [0.717, 1.165) is 22.5 Å². The molecule has 0 atom stereocenters. The van der Waals surface area contributed by atoms with E-state index >= 15 is 0 Å². The van der Waals surface area contributed by atoms with Crippen molar-refractivity contribution in [3.63, 3.8) is 0 Å². The summed E-state index contributed by atoms with van der Waals surface area (Å²) in [6.45, 7) is 4.25. The quantitative estimate of drug-likeness (QED) is 0.516. The summed E-state index contributed by atoms with van der Waals surface area (Å²) in [5.41, 5.74) is 3.26. The summed E-state index contributed by atoms with van der Waals surface area (Å²) in [6, 6.07) is 9.52. The van der Waals surface area contributed by atoms with Gasteiger partial charge in [0, 0.05) is 27.9 Å². The molecule has 0 saturated carbocycles. The topological polar surface area (TPSA) is 83.6 Å². The molecule has 6 nitrogen and oxygen atoms in total. The third-order valence-electron chi connectivity index (χ3n) is 4.02. The molecule has 0 radical (unpaired) electrons. The van der Waals surface area contributed by atoms with Crippen LogP contribution in [0.1, 0.15) is 22.5 Å². The fraction of sp³-hybridized carbons (Fsp3) is 0.158. The van der Waals surface area contributed by atoms with Gasteiger partial charge < -0.3 is 0 Å². The van der Waals surface area contributed by atoms with Crippen molar-refractivity contribution in [3.05, 3.63) is 69.0 Å². The molecule has 8 heteroatoms. The van der Waals surface area contributed by atoms with E-state index in [-0.39, 0.29) is 5.57 Å². The van der Waals surface area contributed by atoms with Gasteiger partial charge in [-0.3, -0.25) is 14.8 Å². The molecule has 1 amide bonds. The highest BCUT2D eigenvalue weighted by molar-refractivity contribution is 7.13. The molecule has 3 aromatic rings. The molecule has 0 aliphatic heterocycles. The first-order valence-corrected chi connectivity index (χ1v) is 9.35. The Morgan fingerprint density at radius 1 is 1.41 bits per heavy atom. The van der Waals surface area contributed by atoms with Crippen molar-refractivity contribution < 1.29 is 4.79 Å². The van der Waals surface area contributed by atoms with Crippen molar-refractivity contribution in [1.29, 1.82) is 5.26 Å². The zero-order valence-electron chi connectivity index (χ0n) is 14.7. The Morgan fingerprint density at radius 3 is 2.85 bits per heavy atom. The summed E-state index contributed by atoms with van der Waals surface area (Å²) in [5.74, 6) is -0.495. The molecule has 0 unspecified atom stereocenters. The van der Waals surface area contributed by atoms with Crippen LogP contribution in [-0.2, 0) is 11.3 Å². The average Bonchev–Trinajstić information content (AvgIpc) is 3.24. The fourth-order valence-electron chi connectivity index (χ4n) is 2.60. The van der Waals surface area contributed by atoms with Crippen molar-refractivity contribution >= 4 is 40.1 Å². The molecule has 0 fully saturated rings. The van der Waals surface area contributed by atoms with Crippen LogP contribution in [-0.4, -0.2) is 20.7 Å². The standard InChI is InChI=1S/C19H16ClN5OS/c1-12-16(9-15(10-21)18(26)23-19-22-7-8-27-19)13(2)25(24-12)11-14-5-3-4-6-17(14)20/h3-9H,11H2,1-2H3,(H,22,23,26)/b15-9+. The van der Waals surface area contributed by atoms with Crippen LogP contribution in [0.5, 0.6) is 0 Å². The second kappa shape index (κ2) is 8.16. The lowest BCUT2D eigenvalue weighted by molar-refractivity contribution is -0.112. The number of benzene rings is 1. The van der Waals surface area contributed by atoms with Gasteiger partial charge in [0.25, 0.3) is 5.91 Å². The lowest BCUT2D eigenvalue weighted by Crippen LogP contribution is -2.13. The zero-order chi connectivity index (χ0) is 19.4. The number of halogens is 1. The van der Waals surface area contributed by atoms with E-state index in [0.29, 0.717) is 16.7 Å². The van der Waals surface area contributed by atoms with E-state index in [9.17, 15) is 10.1 Å². The summed E-state index contributed by atoms with van der Waals surface area (Å²) in [4.78, 5) is 16.3. The van der Waals surface area contributed by atoms with Gasteiger partial charge in [0.2, 0.25) is 0 Å². The minimum atomic E-state index is -0.495. The monoisotopic (exact) mass is 397 g/mol. The Bertz CT molecular complexity index is 1050. The van der Waals surface area contributed by atoms with Crippen molar-refractivity contribution in [2.24, 2.45) is 0 Å². The maximum atomic E-state index is 12.3. The average molecular weight is 398 g/mol. The van der Waals surface area contributed by atoms with Crippen molar-refractivity contribution in [2.75, 3.05) is 5.32 Å². The molecule has 0 saturated heterocycles. The van der Waals surface area contributed by atoms with Crippen molar-refractivity contribution in [3.8, 4) is 6.07 Å². The van der Waals surface area contributed by atoms with Gasteiger partial charge >= 0.3 is 0 Å². The molecule has 0 aliphatic rings. The molecule has 1 N–H and O–H groups in total. The van der Waals surface area contributed by atoms with Gasteiger partial charge in [-0.2, -0.15) is 10.4 Å². The summed E-state index contributed by atoms with van der Waals surface area (Å²) < 4.78 is 1.82. The van der Waals surface area contributed by atoms with Gasteiger partial charge in [0.15, 0.2) is 5.13 Å². The normalized spacial score (nSPS) is 11.3. The summed E-state index contributed by atoms with van der Waals surface area (Å²) in [7, 11) is 0. The first-order chi connectivity index (χ1) is 13.0. The highest BCUT2D eigenvalue weighted by Gasteiger charge is 2.16. The van der Waals surface area contributed by atoms with E-state index in [1.807, 2.05) is 48.9 Å². The molecule has 1 aromatic carbocycles. The fourth-order valence-corrected chi connectivity index (χ4v) is 3.32. The van der Waals surface area contributed by atoms with Crippen LogP contribution >= 0.6 is 22.9 Å². The first kappa shape index (κ1) is 18.8. The number of rotatable bonds is 5. The van der Waals surface area contributed by atoms with Gasteiger partial charge in [-0.1, -0.05) is 29.8 Å². The molecule has 2 heterocycles. The van der Waals surface area contributed by atoms with Crippen LogP contribution in [0.2, 0.25) is 5.02 Å². The number of hydrogen-bond acceptors (Lipinski definition) is 5. The van der Waals surface area contributed by atoms with E-state index in [2.05, 4.69) is 15.4 Å². The van der Waals surface area contributed by atoms with E-state index < -0.39 is 5.91 Å². The minimum Gasteiger partial charge on any atom is -0.297 e. The number of carbonyl (C=O) groups is 1. The Kier molecular flexibility index (Phi) is 5.69. The number of carbonyl (C=O) groups excluding carboxylic acids is 1. The van der Waals surface area contributed by atoms with Crippen LogP contribution in [0, 0.1) is 25.2 Å². The van der Waals surface area contributed by atoms with Crippen LogP contribution in [0.4, 0.5) is 5.13 Å². The predicted octanol–water partition coefficient (Wildman–Crippen LogP) is 4.20. The van der Waals surface area contributed by atoms with Crippen LogP contribution in [0.25, 0.3) is 6.08 Å². The highest BCUT2D eigenvalue weighted by Crippen LogP contribution is 2.21. The summed E-state index contributed by atoms with van der Waals surface area (Å²) in [5, 5.41) is 19.4. The minimum absolute atomic E-state index is 0.00584. The van der Waals surface area contributed by atoms with Gasteiger partial charge in [0.05, 0.1) is 12.2 Å². The second-order valence-electron chi connectivity index (χ2n) is 5.79. The Morgan fingerprint density at radius 2 is 2.19 bits per heavy atom. The molecule has 27 heavy (non-hydrogen) atoms. The summed E-state index contributed by atoms with van der Waals surface area (Å²) >= 11 is 7.52. The van der Waals surface area contributed by atoms with Gasteiger partial charge in [-0.05, 0) is 31.6 Å². The number of hydrogen-bond donors (Lipinski definition) is 1. The summed E-state index contributed by atoms with van der Waals surface area (Å²) in [6.07, 6.45) is 3.15. The van der Waals surface area contributed by atoms with Crippen LogP contribution in [0.3, 0.4) is 0 Å². The molecule has 3 rings (SSSR count). The first-order valence-electron chi connectivity index (χ1n) is 8.09. The number of aromatic nitrogens is 3. The third-order valence-corrected chi connectivity index (χ3v) is 5.08. The number of nitrogens with zero attached hydrogens (tertiary/aromatic N) is 4. The number of amides is 1. The van der Waals surface area contributed by atoms with Crippen molar-refractivity contribution in [2.45, 2.75) is 20.4 Å². The number of anilines is 1. The molecule has 136 valence electrons. The maximum Gasteiger partial charge on any atom is 0.268 e. The number of nitrogens with one attached hydrogen (secondary N) is 1. The number of thiazole rings is 1. The molecule has 0 bridgehead atoms. The van der Waals surface area contributed by atoms with Crippen LogP contribution < -0.4 is 5.32 Å². The lowest BCUT2D eigenvalue weighted by atomic mass is 10.1. The Labute approximate surface area is 165 Å². The molecular formula is C19H16ClN5OS. The number of nitriles is 1. The third kappa shape index (κ3) is 4.25. The van der Waals surface area contributed by atoms with Gasteiger partial charge in [0.1, 0.15) is 11.6 Å². The maximum absolute atomic E-state index is 12.3. The molecule has 0 aliphatic carbocycles. The van der Waals surface area contributed by atoms with Crippen LogP contribution in [0.15, 0.2) is 41.4 Å². The number of aryl methyl sites for hydroxylation is 1. The largest absolute Gasteiger partial charge is 0.297 e. The Balaban J connectivity index is 1.89.